The van der Waals surface area contributed by atoms with Crippen LogP contribution in [0.15, 0.2) is 6.07 Å². The molecule has 0 saturated heterocycles. The molecule has 1 N–H and O–H groups in total. The van der Waals surface area contributed by atoms with E-state index in [4.69, 9.17) is 0 Å². The Morgan fingerprint density at radius 2 is 2.25 bits per heavy atom. The number of amides is 1. The molecule has 0 fully saturated rings. The zero-order chi connectivity index (χ0) is 15.3. The molecular formula is C11H16N4O5. The molecule has 1 rings (SSSR count). The van der Waals surface area contributed by atoms with Crippen molar-refractivity contribution in [3.05, 3.63) is 21.9 Å². The summed E-state index contributed by atoms with van der Waals surface area (Å²) in [5.41, 5.74) is 0.587. The van der Waals surface area contributed by atoms with Crippen molar-refractivity contribution in [2.75, 3.05) is 13.7 Å². The summed E-state index contributed by atoms with van der Waals surface area (Å²) in [5, 5.41) is 16.8. The van der Waals surface area contributed by atoms with E-state index in [1.807, 2.05) is 0 Å². The standard InChI is InChI=1S/C11H16N4O5/c1-7(11(17)12-5-10(16)20-3)6-14-8(2)4-9(13-14)15(18)19/h4,7H,5-6H2,1-3H3,(H,12,17). The Kier molecular flexibility index (Phi) is 5.18. The van der Waals surface area contributed by atoms with Crippen LogP contribution in [0.25, 0.3) is 0 Å². The summed E-state index contributed by atoms with van der Waals surface area (Å²) < 4.78 is 5.79. The third kappa shape index (κ3) is 4.04. The minimum atomic E-state index is -0.592. The van der Waals surface area contributed by atoms with E-state index in [2.05, 4.69) is 15.2 Å². The highest BCUT2D eigenvalue weighted by Gasteiger charge is 2.20. The molecular weight excluding hydrogens is 268 g/mol. The largest absolute Gasteiger partial charge is 0.468 e. The molecule has 0 aliphatic rings. The summed E-state index contributed by atoms with van der Waals surface area (Å²) >= 11 is 0. The first-order valence-electron chi connectivity index (χ1n) is 5.88. The molecule has 1 unspecified atom stereocenters. The zero-order valence-corrected chi connectivity index (χ0v) is 11.5. The number of rotatable bonds is 6. The fraction of sp³-hybridized carbons (Fsp3) is 0.545. The lowest BCUT2D eigenvalue weighted by atomic mass is 10.1. The van der Waals surface area contributed by atoms with Crippen LogP contribution in [0.2, 0.25) is 0 Å². The number of carbonyl (C=O) groups is 2. The minimum Gasteiger partial charge on any atom is -0.468 e. The Hall–Kier alpha value is -2.45. The number of esters is 1. The predicted octanol–water partition coefficient (Wildman–Crippen LogP) is 0.0250. The zero-order valence-electron chi connectivity index (χ0n) is 11.5. The van der Waals surface area contributed by atoms with Crippen LogP contribution in [0, 0.1) is 23.0 Å². The fourth-order valence-electron chi connectivity index (χ4n) is 1.51. The number of aromatic nitrogens is 2. The number of nitro groups is 1. The first kappa shape index (κ1) is 15.6. The number of ether oxygens (including phenoxy) is 1. The molecule has 1 amide bonds. The van der Waals surface area contributed by atoms with Crippen LogP contribution in [-0.2, 0) is 20.9 Å². The molecule has 9 heteroatoms. The quantitative estimate of drug-likeness (QED) is 0.447. The third-order valence-corrected chi connectivity index (χ3v) is 2.68. The molecule has 0 spiro atoms. The van der Waals surface area contributed by atoms with Gasteiger partial charge in [-0.05, 0) is 11.8 Å². The second kappa shape index (κ2) is 6.64. The summed E-state index contributed by atoms with van der Waals surface area (Å²) in [6, 6.07) is 1.33. The van der Waals surface area contributed by atoms with Crippen LogP contribution in [-0.4, -0.2) is 40.2 Å². The summed E-state index contributed by atoms with van der Waals surface area (Å²) in [7, 11) is 1.23. The smallest absolute Gasteiger partial charge is 0.390 e. The predicted molar refractivity (Wildman–Crippen MR) is 67.8 cm³/mol. The van der Waals surface area contributed by atoms with Crippen LogP contribution in [0.4, 0.5) is 5.82 Å². The van der Waals surface area contributed by atoms with Gasteiger partial charge in [0.05, 0.1) is 36.4 Å². The van der Waals surface area contributed by atoms with Gasteiger partial charge in [0, 0.05) is 0 Å². The number of hydrogen-bond acceptors (Lipinski definition) is 6. The Morgan fingerprint density at radius 1 is 1.60 bits per heavy atom. The molecule has 0 aliphatic carbocycles. The molecule has 9 nitrogen and oxygen atoms in total. The van der Waals surface area contributed by atoms with E-state index < -0.39 is 16.8 Å². The molecule has 0 aromatic carbocycles. The number of carbonyl (C=O) groups excluding carboxylic acids is 2. The molecule has 20 heavy (non-hydrogen) atoms. The van der Waals surface area contributed by atoms with Crippen molar-refractivity contribution < 1.29 is 19.2 Å². The minimum absolute atomic E-state index is 0.187. The van der Waals surface area contributed by atoms with Crippen molar-refractivity contribution in [2.45, 2.75) is 20.4 Å². The normalized spacial score (nSPS) is 11.8. The molecule has 1 atom stereocenters. The monoisotopic (exact) mass is 284 g/mol. The molecule has 110 valence electrons. The van der Waals surface area contributed by atoms with Gasteiger partial charge in [-0.3, -0.25) is 9.59 Å². The maximum absolute atomic E-state index is 11.7. The lowest BCUT2D eigenvalue weighted by Crippen LogP contribution is -2.35. The molecule has 0 bridgehead atoms. The molecule has 0 saturated carbocycles. The first-order valence-corrected chi connectivity index (χ1v) is 5.88. The Bertz CT molecular complexity index is 525. The molecule has 1 aromatic heterocycles. The van der Waals surface area contributed by atoms with Gasteiger partial charge in [0.25, 0.3) is 0 Å². The van der Waals surface area contributed by atoms with Crippen LogP contribution >= 0.6 is 0 Å². The van der Waals surface area contributed by atoms with E-state index in [-0.39, 0.29) is 24.8 Å². The molecule has 1 heterocycles. The van der Waals surface area contributed by atoms with Gasteiger partial charge < -0.3 is 20.2 Å². The van der Waals surface area contributed by atoms with Gasteiger partial charge in [0.15, 0.2) is 0 Å². The first-order chi connectivity index (χ1) is 9.35. The van der Waals surface area contributed by atoms with Crippen molar-refractivity contribution in [2.24, 2.45) is 5.92 Å². The molecule has 0 radical (unpaired) electrons. The van der Waals surface area contributed by atoms with E-state index >= 15 is 0 Å². The number of nitrogens with zero attached hydrogens (tertiary/aromatic N) is 3. The topological polar surface area (TPSA) is 116 Å². The summed E-state index contributed by atoms with van der Waals surface area (Å²) in [6.07, 6.45) is 0. The van der Waals surface area contributed by atoms with Crippen LogP contribution in [0.5, 0.6) is 0 Å². The lowest BCUT2D eigenvalue weighted by molar-refractivity contribution is -0.389. The van der Waals surface area contributed by atoms with Crippen molar-refractivity contribution in [1.82, 2.24) is 15.1 Å². The van der Waals surface area contributed by atoms with Gasteiger partial charge in [0.2, 0.25) is 5.91 Å². The Morgan fingerprint density at radius 3 is 2.75 bits per heavy atom. The number of nitrogens with one attached hydrogen (secondary N) is 1. The highest BCUT2D eigenvalue weighted by molar-refractivity contribution is 5.83. The lowest BCUT2D eigenvalue weighted by Gasteiger charge is -2.10. The van der Waals surface area contributed by atoms with Crippen LogP contribution in [0.1, 0.15) is 12.6 Å². The summed E-state index contributed by atoms with van der Waals surface area (Å²) in [4.78, 5) is 32.6. The van der Waals surface area contributed by atoms with Gasteiger partial charge in [-0.15, -0.1) is 0 Å². The fourth-order valence-corrected chi connectivity index (χ4v) is 1.51. The van der Waals surface area contributed by atoms with Crippen LogP contribution in [0.3, 0.4) is 0 Å². The molecule has 0 aliphatic heterocycles. The van der Waals surface area contributed by atoms with Gasteiger partial charge in [0.1, 0.15) is 6.54 Å². The molecule has 1 aromatic rings. The highest BCUT2D eigenvalue weighted by atomic mass is 16.6. The Labute approximate surface area is 115 Å². The third-order valence-electron chi connectivity index (χ3n) is 2.68. The average molecular weight is 284 g/mol. The van der Waals surface area contributed by atoms with E-state index in [1.165, 1.54) is 17.9 Å². The SMILES string of the molecule is COC(=O)CNC(=O)C(C)Cn1nc([N+](=O)[O-])cc1C. The van der Waals surface area contributed by atoms with Crippen molar-refractivity contribution in [3.63, 3.8) is 0 Å². The van der Waals surface area contributed by atoms with E-state index in [0.717, 1.165) is 0 Å². The average Bonchev–Trinajstić information content (AvgIpc) is 2.77. The van der Waals surface area contributed by atoms with Crippen molar-refractivity contribution in [1.29, 1.82) is 0 Å². The number of methoxy groups -OCH3 is 1. The summed E-state index contributed by atoms with van der Waals surface area (Å²) in [6.45, 7) is 3.28. The maximum Gasteiger partial charge on any atom is 0.390 e. The van der Waals surface area contributed by atoms with Crippen LogP contribution < -0.4 is 5.32 Å². The maximum atomic E-state index is 11.7. The van der Waals surface area contributed by atoms with Gasteiger partial charge in [-0.2, -0.15) is 4.68 Å². The number of aryl methyl sites for hydroxylation is 1. The van der Waals surface area contributed by atoms with E-state index in [0.29, 0.717) is 5.69 Å². The van der Waals surface area contributed by atoms with Gasteiger partial charge in [-0.25, -0.2) is 0 Å². The van der Waals surface area contributed by atoms with Crippen molar-refractivity contribution >= 4 is 17.7 Å². The second-order valence-electron chi connectivity index (χ2n) is 4.28. The van der Waals surface area contributed by atoms with Gasteiger partial charge in [-0.1, -0.05) is 6.92 Å². The summed E-state index contributed by atoms with van der Waals surface area (Å²) in [5.74, 6) is -1.65. The Balaban J connectivity index is 2.61. The van der Waals surface area contributed by atoms with E-state index in [9.17, 15) is 19.7 Å². The number of hydrogen-bond donors (Lipinski definition) is 1. The van der Waals surface area contributed by atoms with Crippen molar-refractivity contribution in [3.8, 4) is 0 Å². The second-order valence-corrected chi connectivity index (χ2v) is 4.28. The highest BCUT2D eigenvalue weighted by Crippen LogP contribution is 2.12. The van der Waals surface area contributed by atoms with E-state index in [1.54, 1.807) is 13.8 Å². The van der Waals surface area contributed by atoms with Gasteiger partial charge >= 0.3 is 11.8 Å².